The normalized spacial score (nSPS) is 17.9. The van der Waals surface area contributed by atoms with Crippen LogP contribution in [0.3, 0.4) is 0 Å². The summed E-state index contributed by atoms with van der Waals surface area (Å²) in [5.74, 6) is 0.790. The zero-order valence-corrected chi connectivity index (χ0v) is 12.2. The van der Waals surface area contributed by atoms with Crippen LogP contribution in [-0.2, 0) is 4.74 Å². The van der Waals surface area contributed by atoms with E-state index in [9.17, 15) is 4.79 Å². The van der Waals surface area contributed by atoms with Gasteiger partial charge in [-0.15, -0.1) is 0 Å². The first-order valence-electron chi connectivity index (χ1n) is 5.77. The number of fused-ring (bicyclic) bond motifs is 1. The number of ether oxygens (including phenoxy) is 2. The molecule has 5 heteroatoms. The van der Waals surface area contributed by atoms with Gasteiger partial charge in [-0.25, -0.2) is 4.79 Å². The van der Waals surface area contributed by atoms with E-state index in [1.54, 1.807) is 0 Å². The summed E-state index contributed by atoms with van der Waals surface area (Å²) < 4.78 is 11.7. The highest BCUT2D eigenvalue weighted by Crippen LogP contribution is 2.38. The van der Waals surface area contributed by atoms with E-state index >= 15 is 0 Å². The Balaban J connectivity index is 2.06. The Morgan fingerprint density at radius 1 is 1.50 bits per heavy atom. The lowest BCUT2D eigenvalue weighted by Gasteiger charge is -2.21. The molecule has 1 atom stereocenters. The number of hydrogen-bond donors (Lipinski definition) is 1. The molecule has 1 aliphatic rings. The number of halogens is 1. The van der Waals surface area contributed by atoms with Crippen molar-refractivity contribution in [3.63, 3.8) is 0 Å². The van der Waals surface area contributed by atoms with Crippen LogP contribution in [0.1, 0.15) is 32.4 Å². The molecule has 0 radical (unpaired) electrons. The Morgan fingerprint density at radius 2 is 2.22 bits per heavy atom. The van der Waals surface area contributed by atoms with Crippen LogP contribution in [0.5, 0.6) is 5.75 Å². The Kier molecular flexibility index (Phi) is 3.52. The summed E-state index contributed by atoms with van der Waals surface area (Å²) in [6, 6.07) is 5.61. The monoisotopic (exact) mass is 313 g/mol. The third-order valence-corrected chi connectivity index (χ3v) is 3.08. The molecule has 4 nitrogen and oxygen atoms in total. The highest BCUT2D eigenvalue weighted by atomic mass is 79.9. The van der Waals surface area contributed by atoms with Gasteiger partial charge in [0, 0.05) is 5.56 Å². The highest BCUT2D eigenvalue weighted by Gasteiger charge is 2.28. The molecule has 0 saturated carbocycles. The first-order valence-corrected chi connectivity index (χ1v) is 6.57. The van der Waals surface area contributed by atoms with E-state index in [0.717, 1.165) is 15.8 Å². The number of rotatable bonds is 1. The van der Waals surface area contributed by atoms with E-state index < -0.39 is 11.7 Å². The zero-order chi connectivity index (χ0) is 13.3. The Morgan fingerprint density at radius 3 is 2.89 bits per heavy atom. The van der Waals surface area contributed by atoms with E-state index in [4.69, 9.17) is 9.47 Å². The van der Waals surface area contributed by atoms with Crippen LogP contribution >= 0.6 is 15.9 Å². The van der Waals surface area contributed by atoms with Gasteiger partial charge >= 0.3 is 6.09 Å². The van der Waals surface area contributed by atoms with Gasteiger partial charge in [0.05, 0.1) is 10.5 Å². The smallest absolute Gasteiger partial charge is 0.408 e. The fourth-order valence-corrected chi connectivity index (χ4v) is 2.27. The summed E-state index contributed by atoms with van der Waals surface area (Å²) in [5, 5.41) is 2.81. The highest BCUT2D eigenvalue weighted by molar-refractivity contribution is 9.10. The van der Waals surface area contributed by atoms with E-state index in [-0.39, 0.29) is 6.04 Å². The van der Waals surface area contributed by atoms with Crippen LogP contribution in [0.15, 0.2) is 22.7 Å². The third kappa shape index (κ3) is 2.96. The molecule has 18 heavy (non-hydrogen) atoms. The molecule has 0 bridgehead atoms. The molecule has 1 heterocycles. The van der Waals surface area contributed by atoms with Crippen molar-refractivity contribution < 1.29 is 14.3 Å². The quantitative estimate of drug-likeness (QED) is 0.864. The summed E-state index contributed by atoms with van der Waals surface area (Å²) in [7, 11) is 0. The van der Waals surface area contributed by atoms with Crippen molar-refractivity contribution in [2.45, 2.75) is 32.4 Å². The van der Waals surface area contributed by atoms with Crippen molar-refractivity contribution >= 4 is 22.0 Å². The Labute approximate surface area is 115 Å². The predicted molar refractivity (Wildman–Crippen MR) is 71.7 cm³/mol. The second kappa shape index (κ2) is 4.80. The average molecular weight is 314 g/mol. The maximum atomic E-state index is 11.7. The average Bonchev–Trinajstić information content (AvgIpc) is 2.60. The fraction of sp³-hybridized carbons (Fsp3) is 0.462. The summed E-state index contributed by atoms with van der Waals surface area (Å²) >= 11 is 3.42. The first kappa shape index (κ1) is 13.2. The van der Waals surface area contributed by atoms with Gasteiger partial charge in [0.25, 0.3) is 0 Å². The van der Waals surface area contributed by atoms with Crippen LogP contribution < -0.4 is 10.1 Å². The van der Waals surface area contributed by atoms with Gasteiger partial charge in [-0.1, -0.05) is 12.1 Å². The molecule has 0 aromatic heterocycles. The van der Waals surface area contributed by atoms with Crippen molar-refractivity contribution in [1.82, 2.24) is 5.32 Å². The molecule has 1 N–H and O–H groups in total. The second-order valence-electron chi connectivity index (χ2n) is 5.17. The van der Waals surface area contributed by atoms with Crippen molar-refractivity contribution in [2.75, 3.05) is 6.61 Å². The molecular weight excluding hydrogens is 298 g/mol. The number of carbonyl (C=O) groups is 1. The topological polar surface area (TPSA) is 47.6 Å². The maximum Gasteiger partial charge on any atom is 0.408 e. The molecule has 0 saturated heterocycles. The Hall–Kier alpha value is -1.23. The van der Waals surface area contributed by atoms with Crippen LogP contribution in [0, 0.1) is 0 Å². The summed E-state index contributed by atoms with van der Waals surface area (Å²) in [5.41, 5.74) is 0.471. The molecule has 1 aromatic carbocycles. The lowest BCUT2D eigenvalue weighted by molar-refractivity contribution is 0.0497. The van der Waals surface area contributed by atoms with Gasteiger partial charge in [0.2, 0.25) is 0 Å². The maximum absolute atomic E-state index is 11.7. The van der Waals surface area contributed by atoms with E-state index in [2.05, 4.69) is 21.2 Å². The molecule has 1 amide bonds. The number of nitrogens with one attached hydrogen (secondary N) is 1. The molecule has 2 rings (SSSR count). The van der Waals surface area contributed by atoms with Gasteiger partial charge in [-0.2, -0.15) is 0 Å². The molecule has 98 valence electrons. The largest absolute Gasteiger partial charge is 0.490 e. The predicted octanol–water partition coefficient (Wildman–Crippen LogP) is 3.41. The van der Waals surface area contributed by atoms with E-state index in [0.29, 0.717) is 6.61 Å². The molecule has 0 fully saturated rings. The number of carbonyl (C=O) groups excluding carboxylic acids is 1. The van der Waals surface area contributed by atoms with Crippen LogP contribution in [0.4, 0.5) is 4.79 Å². The number of benzene rings is 1. The Bertz CT molecular complexity index is 468. The minimum absolute atomic E-state index is 0.160. The van der Waals surface area contributed by atoms with Crippen molar-refractivity contribution in [2.24, 2.45) is 0 Å². The van der Waals surface area contributed by atoms with Gasteiger partial charge in [0.15, 0.2) is 0 Å². The minimum Gasteiger partial charge on any atom is -0.490 e. The van der Waals surface area contributed by atoms with E-state index in [1.165, 1.54) is 0 Å². The van der Waals surface area contributed by atoms with Crippen molar-refractivity contribution in [3.8, 4) is 5.75 Å². The zero-order valence-electron chi connectivity index (χ0n) is 10.6. The SMILES string of the molecule is CC(C)(C)OC(=O)NC1COc2c(Br)cccc21. The van der Waals surface area contributed by atoms with Gasteiger partial charge in [-0.3, -0.25) is 0 Å². The second-order valence-corrected chi connectivity index (χ2v) is 6.02. The van der Waals surface area contributed by atoms with Gasteiger partial charge in [-0.05, 0) is 42.8 Å². The molecule has 1 aromatic rings. The molecular formula is C13H16BrNO3. The van der Waals surface area contributed by atoms with Gasteiger partial charge < -0.3 is 14.8 Å². The van der Waals surface area contributed by atoms with Crippen molar-refractivity contribution in [3.05, 3.63) is 28.2 Å². The summed E-state index contributed by atoms with van der Waals surface area (Å²) in [4.78, 5) is 11.7. The summed E-state index contributed by atoms with van der Waals surface area (Å²) in [6.07, 6.45) is -0.427. The number of para-hydroxylation sites is 1. The van der Waals surface area contributed by atoms with E-state index in [1.807, 2.05) is 39.0 Å². The molecule has 1 aliphatic heterocycles. The standard InChI is InChI=1S/C13H16BrNO3/c1-13(2,3)18-12(16)15-10-7-17-11-8(10)5-4-6-9(11)14/h4-6,10H,7H2,1-3H3,(H,15,16). The number of amides is 1. The fourth-order valence-electron chi connectivity index (χ4n) is 1.78. The van der Waals surface area contributed by atoms with Crippen molar-refractivity contribution in [1.29, 1.82) is 0 Å². The number of alkyl carbamates (subject to hydrolysis) is 1. The molecule has 0 spiro atoms. The minimum atomic E-state index is -0.496. The molecule has 0 aliphatic carbocycles. The lowest BCUT2D eigenvalue weighted by Crippen LogP contribution is -2.35. The van der Waals surface area contributed by atoms with Gasteiger partial charge in [0.1, 0.15) is 18.0 Å². The lowest BCUT2D eigenvalue weighted by atomic mass is 10.1. The third-order valence-electron chi connectivity index (χ3n) is 2.46. The summed E-state index contributed by atoms with van der Waals surface area (Å²) in [6.45, 7) is 5.93. The first-order chi connectivity index (χ1) is 8.37. The molecule has 1 unspecified atom stereocenters. The van der Waals surface area contributed by atoms with Crippen LogP contribution in [0.2, 0.25) is 0 Å². The number of hydrogen-bond acceptors (Lipinski definition) is 3. The van der Waals surface area contributed by atoms with Crippen LogP contribution in [0.25, 0.3) is 0 Å². The van der Waals surface area contributed by atoms with Crippen LogP contribution in [-0.4, -0.2) is 18.3 Å².